The molecule has 0 aliphatic carbocycles. The number of hydrogen-bond acceptors (Lipinski definition) is 3. The van der Waals surface area contributed by atoms with Crippen molar-refractivity contribution in [2.24, 2.45) is 11.8 Å². The van der Waals surface area contributed by atoms with Crippen molar-refractivity contribution in [1.29, 1.82) is 0 Å². The maximum atomic E-state index is 12.4. The first kappa shape index (κ1) is 13.6. The van der Waals surface area contributed by atoms with Crippen molar-refractivity contribution in [2.45, 2.75) is 13.1 Å². The molecule has 0 aromatic carbocycles. The average Bonchev–Trinajstić information content (AvgIpc) is 2.70. The number of alkyl halides is 3. The van der Waals surface area contributed by atoms with Gasteiger partial charge in [-0.2, -0.15) is 13.2 Å². The highest BCUT2D eigenvalue weighted by Crippen LogP contribution is 2.31. The molecule has 2 rings (SSSR count). The number of rotatable bonds is 2. The zero-order valence-electron chi connectivity index (χ0n) is 10.2. The molecule has 1 fully saturated rings. The molecule has 19 heavy (non-hydrogen) atoms. The van der Waals surface area contributed by atoms with Gasteiger partial charge in [0.1, 0.15) is 5.82 Å². The summed E-state index contributed by atoms with van der Waals surface area (Å²) in [6.07, 6.45) is -3.64. The number of anilines is 1. The highest BCUT2D eigenvalue weighted by Gasteiger charge is 2.36. The number of halogens is 3. The van der Waals surface area contributed by atoms with Crippen LogP contribution >= 0.6 is 0 Å². The predicted molar refractivity (Wildman–Crippen MR) is 61.7 cm³/mol. The number of hydrogen-bond donors (Lipinski definition) is 1. The Labute approximate surface area is 107 Å². The molecular formula is C12H13F3N2O2. The molecule has 0 spiro atoms. The fraction of sp³-hybridized carbons (Fsp3) is 0.500. The Bertz CT molecular complexity index is 473. The molecule has 1 aliphatic heterocycles. The second-order valence-electron chi connectivity index (χ2n) is 4.73. The monoisotopic (exact) mass is 274 g/mol. The van der Waals surface area contributed by atoms with Crippen LogP contribution in [0.25, 0.3) is 0 Å². The van der Waals surface area contributed by atoms with Crippen LogP contribution in [0.3, 0.4) is 0 Å². The lowest BCUT2D eigenvalue weighted by molar-refractivity contribution is -0.142. The summed E-state index contributed by atoms with van der Waals surface area (Å²) in [5, 5.41) is 9.00. The van der Waals surface area contributed by atoms with Crippen LogP contribution in [0, 0.1) is 11.8 Å². The Balaban J connectivity index is 2.14. The minimum atomic E-state index is -4.41. The van der Waals surface area contributed by atoms with Crippen LogP contribution in [0.4, 0.5) is 19.0 Å². The maximum Gasteiger partial charge on any atom is 0.417 e. The summed E-state index contributed by atoms with van der Waals surface area (Å²) in [6, 6.07) is 2.24. The van der Waals surface area contributed by atoms with Gasteiger partial charge < -0.3 is 10.0 Å². The van der Waals surface area contributed by atoms with E-state index in [0.717, 1.165) is 12.3 Å². The molecule has 104 valence electrons. The number of aromatic nitrogens is 1. The van der Waals surface area contributed by atoms with Gasteiger partial charge in [-0.05, 0) is 18.1 Å². The van der Waals surface area contributed by atoms with Gasteiger partial charge in [0, 0.05) is 19.3 Å². The van der Waals surface area contributed by atoms with E-state index < -0.39 is 23.6 Å². The first-order chi connectivity index (χ1) is 8.79. The smallest absolute Gasteiger partial charge is 0.417 e. The summed E-state index contributed by atoms with van der Waals surface area (Å²) in [7, 11) is 0. The normalized spacial score (nSPS) is 23.7. The summed E-state index contributed by atoms with van der Waals surface area (Å²) in [6.45, 7) is 2.56. The standard InChI is InChI=1S/C12H13F3N2O2/c1-7-5-17(6-9(7)11(18)19)10-3-2-8(4-16-10)12(13,14)15/h2-4,7,9H,5-6H2,1H3,(H,18,19). The van der Waals surface area contributed by atoms with E-state index >= 15 is 0 Å². The molecule has 1 N–H and O–H groups in total. The molecule has 7 heteroatoms. The van der Waals surface area contributed by atoms with Crippen molar-refractivity contribution < 1.29 is 23.1 Å². The van der Waals surface area contributed by atoms with Gasteiger partial charge in [0.2, 0.25) is 0 Å². The Kier molecular flexibility index (Phi) is 3.38. The molecule has 0 radical (unpaired) electrons. The zero-order valence-corrected chi connectivity index (χ0v) is 10.2. The Morgan fingerprint density at radius 3 is 2.53 bits per heavy atom. The van der Waals surface area contributed by atoms with Crippen molar-refractivity contribution in [3.05, 3.63) is 23.9 Å². The van der Waals surface area contributed by atoms with E-state index in [1.54, 1.807) is 4.90 Å². The zero-order chi connectivity index (χ0) is 14.2. The molecular weight excluding hydrogens is 261 g/mol. The molecule has 0 bridgehead atoms. The van der Waals surface area contributed by atoms with Crippen molar-refractivity contribution in [3.63, 3.8) is 0 Å². The Hall–Kier alpha value is -1.79. The van der Waals surface area contributed by atoms with E-state index in [-0.39, 0.29) is 12.5 Å². The molecule has 1 aliphatic rings. The van der Waals surface area contributed by atoms with Crippen LogP contribution in [-0.4, -0.2) is 29.1 Å². The first-order valence-electron chi connectivity index (χ1n) is 5.80. The lowest BCUT2D eigenvalue weighted by Gasteiger charge is -2.17. The number of carboxylic acid groups (broad SMARTS) is 1. The first-order valence-corrected chi connectivity index (χ1v) is 5.80. The number of carbonyl (C=O) groups is 1. The number of aliphatic carboxylic acids is 1. The Morgan fingerprint density at radius 2 is 2.11 bits per heavy atom. The van der Waals surface area contributed by atoms with Crippen LogP contribution in [0.15, 0.2) is 18.3 Å². The van der Waals surface area contributed by atoms with Gasteiger partial charge in [0.25, 0.3) is 0 Å². The Morgan fingerprint density at radius 1 is 1.42 bits per heavy atom. The van der Waals surface area contributed by atoms with Crippen molar-refractivity contribution in [3.8, 4) is 0 Å². The van der Waals surface area contributed by atoms with Gasteiger partial charge in [-0.25, -0.2) is 4.98 Å². The van der Waals surface area contributed by atoms with Gasteiger partial charge in [-0.1, -0.05) is 6.92 Å². The molecule has 1 aromatic heterocycles. The quantitative estimate of drug-likeness (QED) is 0.898. The van der Waals surface area contributed by atoms with E-state index in [9.17, 15) is 18.0 Å². The number of carboxylic acids is 1. The van der Waals surface area contributed by atoms with Gasteiger partial charge in [0.15, 0.2) is 0 Å². The van der Waals surface area contributed by atoms with Gasteiger partial charge in [0.05, 0.1) is 11.5 Å². The summed E-state index contributed by atoms with van der Waals surface area (Å²) in [5.41, 5.74) is -0.807. The van der Waals surface area contributed by atoms with Gasteiger partial charge in [-0.3, -0.25) is 4.79 Å². The highest BCUT2D eigenvalue weighted by molar-refractivity contribution is 5.72. The molecule has 2 unspecified atom stereocenters. The second-order valence-corrected chi connectivity index (χ2v) is 4.73. The third-order valence-corrected chi connectivity index (χ3v) is 3.33. The minimum absolute atomic E-state index is 0.0541. The van der Waals surface area contributed by atoms with E-state index in [0.29, 0.717) is 12.4 Å². The largest absolute Gasteiger partial charge is 0.481 e. The van der Waals surface area contributed by atoms with E-state index in [1.807, 2.05) is 6.92 Å². The second kappa shape index (κ2) is 4.71. The molecule has 1 aromatic rings. The molecule has 1 saturated heterocycles. The van der Waals surface area contributed by atoms with Crippen molar-refractivity contribution in [2.75, 3.05) is 18.0 Å². The van der Waals surface area contributed by atoms with Crippen LogP contribution in [0.2, 0.25) is 0 Å². The summed E-state index contributed by atoms with van der Waals surface area (Å²) < 4.78 is 37.2. The topological polar surface area (TPSA) is 53.4 Å². The summed E-state index contributed by atoms with van der Waals surface area (Å²) in [5.74, 6) is -1.07. The molecule has 0 amide bonds. The van der Waals surface area contributed by atoms with E-state index in [2.05, 4.69) is 4.98 Å². The third kappa shape index (κ3) is 2.80. The van der Waals surface area contributed by atoms with Crippen LogP contribution in [0.1, 0.15) is 12.5 Å². The number of nitrogens with zero attached hydrogens (tertiary/aromatic N) is 2. The van der Waals surface area contributed by atoms with Gasteiger partial charge >= 0.3 is 12.1 Å². The fourth-order valence-electron chi connectivity index (χ4n) is 2.22. The SMILES string of the molecule is CC1CN(c2ccc(C(F)(F)F)cn2)CC1C(=O)O. The molecule has 4 nitrogen and oxygen atoms in total. The number of pyridine rings is 1. The van der Waals surface area contributed by atoms with Gasteiger partial charge in [-0.15, -0.1) is 0 Å². The van der Waals surface area contributed by atoms with Crippen molar-refractivity contribution in [1.82, 2.24) is 4.98 Å². The highest BCUT2D eigenvalue weighted by atomic mass is 19.4. The van der Waals surface area contributed by atoms with Crippen LogP contribution in [0.5, 0.6) is 0 Å². The van der Waals surface area contributed by atoms with Crippen molar-refractivity contribution >= 4 is 11.8 Å². The summed E-state index contributed by atoms with van der Waals surface area (Å²) in [4.78, 5) is 16.4. The molecule has 2 heterocycles. The fourth-order valence-corrected chi connectivity index (χ4v) is 2.22. The molecule has 0 saturated carbocycles. The van der Waals surface area contributed by atoms with Crippen LogP contribution in [-0.2, 0) is 11.0 Å². The average molecular weight is 274 g/mol. The maximum absolute atomic E-state index is 12.4. The molecule has 2 atom stereocenters. The lowest BCUT2D eigenvalue weighted by Crippen LogP contribution is -2.23. The van der Waals surface area contributed by atoms with Crippen LogP contribution < -0.4 is 4.90 Å². The van der Waals surface area contributed by atoms with E-state index in [1.165, 1.54) is 6.07 Å². The predicted octanol–water partition coefficient (Wildman–Crippen LogP) is 2.26. The minimum Gasteiger partial charge on any atom is -0.481 e. The van der Waals surface area contributed by atoms with E-state index in [4.69, 9.17) is 5.11 Å². The third-order valence-electron chi connectivity index (χ3n) is 3.33. The summed E-state index contributed by atoms with van der Waals surface area (Å²) >= 11 is 0. The lowest BCUT2D eigenvalue weighted by atomic mass is 9.99.